The molecule has 1 aliphatic rings. The number of rotatable bonds is 4. The first-order valence-electron chi connectivity index (χ1n) is 10.1. The molecule has 2 unspecified atom stereocenters. The molecule has 4 rings (SSSR count). The Balaban J connectivity index is 1.79. The molecular weight excluding hydrogens is 360 g/mol. The van der Waals surface area contributed by atoms with E-state index in [1.807, 2.05) is 30.3 Å². The molecule has 1 aromatic heterocycles. The predicted molar refractivity (Wildman–Crippen MR) is 116 cm³/mol. The fourth-order valence-electron chi connectivity index (χ4n) is 3.98. The second-order valence-electron chi connectivity index (χ2n) is 7.75. The zero-order valence-corrected chi connectivity index (χ0v) is 16.8. The van der Waals surface area contributed by atoms with Gasteiger partial charge in [-0.2, -0.15) is 4.58 Å². The number of benzene rings is 2. The Morgan fingerprint density at radius 2 is 2.07 bits per heavy atom. The van der Waals surface area contributed by atoms with Crippen molar-refractivity contribution in [3.05, 3.63) is 84.6 Å². The van der Waals surface area contributed by atoms with Gasteiger partial charge in [0, 0.05) is 23.9 Å². The highest BCUT2D eigenvalue weighted by molar-refractivity contribution is 6.04. The van der Waals surface area contributed by atoms with Crippen LogP contribution in [-0.2, 0) is 11.3 Å². The molecule has 1 aliphatic heterocycles. The van der Waals surface area contributed by atoms with Gasteiger partial charge in [-0.15, -0.1) is 6.58 Å². The first-order chi connectivity index (χ1) is 14.2. The summed E-state index contributed by atoms with van der Waals surface area (Å²) in [5, 5.41) is 11.0. The van der Waals surface area contributed by atoms with Crippen LogP contribution in [0.15, 0.2) is 73.4 Å². The van der Waals surface area contributed by atoms with Crippen LogP contribution in [0.25, 0.3) is 10.9 Å². The van der Waals surface area contributed by atoms with Crippen molar-refractivity contribution in [2.24, 2.45) is 11.8 Å². The second kappa shape index (κ2) is 8.48. The standard InChI is InChI=1S/C25H26N2O2/c1-3-20-16-27(14-12-18(20)2)25(29-17-19-7-5-4-6-8-19)22-11-13-26-24-10-9-21(28)15-23(22)24/h3-11,13,15,18,20H,1,12,14,16-17H2,2H3/p+1. The number of aromatic nitrogens is 1. The van der Waals surface area contributed by atoms with Gasteiger partial charge < -0.3 is 9.84 Å². The lowest BCUT2D eigenvalue weighted by atomic mass is 9.88. The molecule has 4 nitrogen and oxygen atoms in total. The number of phenolic OH excluding ortho intramolecular Hbond substituents is 1. The average molecular weight is 388 g/mol. The molecule has 29 heavy (non-hydrogen) atoms. The molecule has 2 heterocycles. The lowest BCUT2D eigenvalue weighted by molar-refractivity contribution is -0.554. The number of phenols is 1. The van der Waals surface area contributed by atoms with Crippen LogP contribution in [0.2, 0.25) is 0 Å². The van der Waals surface area contributed by atoms with Gasteiger partial charge in [-0.05, 0) is 35.7 Å². The van der Waals surface area contributed by atoms with Crippen molar-refractivity contribution >= 4 is 16.8 Å². The number of aromatic hydroxyl groups is 1. The van der Waals surface area contributed by atoms with E-state index < -0.39 is 0 Å². The molecule has 4 heteroatoms. The maximum atomic E-state index is 10.1. The van der Waals surface area contributed by atoms with E-state index in [9.17, 15) is 5.11 Å². The zero-order chi connectivity index (χ0) is 20.2. The Bertz CT molecular complexity index is 1040. The average Bonchev–Trinajstić information content (AvgIpc) is 2.75. The Labute approximate surface area is 171 Å². The van der Waals surface area contributed by atoms with Crippen molar-refractivity contribution < 1.29 is 14.4 Å². The first kappa shape index (κ1) is 19.2. The van der Waals surface area contributed by atoms with Gasteiger partial charge in [-0.3, -0.25) is 4.98 Å². The molecule has 3 aromatic rings. The maximum absolute atomic E-state index is 10.1. The van der Waals surface area contributed by atoms with Crippen LogP contribution in [0, 0.1) is 11.8 Å². The first-order valence-corrected chi connectivity index (χ1v) is 10.1. The molecule has 2 aromatic carbocycles. The summed E-state index contributed by atoms with van der Waals surface area (Å²) in [5.74, 6) is 2.09. The van der Waals surface area contributed by atoms with Gasteiger partial charge in [0.15, 0.2) is 6.54 Å². The van der Waals surface area contributed by atoms with Crippen LogP contribution in [0.4, 0.5) is 0 Å². The number of ether oxygens (including phenoxy) is 1. The third-order valence-corrected chi connectivity index (χ3v) is 5.78. The van der Waals surface area contributed by atoms with Crippen LogP contribution in [0.3, 0.4) is 0 Å². The highest BCUT2D eigenvalue weighted by Gasteiger charge is 2.31. The summed E-state index contributed by atoms with van der Waals surface area (Å²) in [5.41, 5.74) is 2.92. The molecule has 148 valence electrons. The summed E-state index contributed by atoms with van der Waals surface area (Å²) in [7, 11) is 0. The van der Waals surface area contributed by atoms with E-state index in [4.69, 9.17) is 4.74 Å². The van der Waals surface area contributed by atoms with E-state index >= 15 is 0 Å². The number of piperidine rings is 1. The number of hydrogen-bond acceptors (Lipinski definition) is 3. The normalized spacial score (nSPS) is 21.0. The SMILES string of the molecule is C=CC1C[N+](=C(OCc2ccccc2)c2ccnc3ccc(O)cc23)CCC1C. The third-order valence-electron chi connectivity index (χ3n) is 5.78. The van der Waals surface area contributed by atoms with Crippen LogP contribution >= 0.6 is 0 Å². The Morgan fingerprint density at radius 3 is 2.86 bits per heavy atom. The molecule has 0 radical (unpaired) electrons. The minimum atomic E-state index is 0.227. The molecule has 0 spiro atoms. The van der Waals surface area contributed by atoms with E-state index in [2.05, 4.69) is 41.3 Å². The quantitative estimate of drug-likeness (QED) is 0.399. The Hall–Kier alpha value is -3.14. The van der Waals surface area contributed by atoms with Crippen molar-refractivity contribution in [2.75, 3.05) is 13.1 Å². The van der Waals surface area contributed by atoms with Gasteiger partial charge in [0.2, 0.25) is 0 Å². The van der Waals surface area contributed by atoms with Crippen molar-refractivity contribution in [1.82, 2.24) is 4.98 Å². The maximum Gasteiger partial charge on any atom is 0.370 e. The highest BCUT2D eigenvalue weighted by Crippen LogP contribution is 2.26. The number of pyridine rings is 1. The molecular formula is C25H27N2O2+. The molecule has 0 bridgehead atoms. The lowest BCUT2D eigenvalue weighted by Crippen LogP contribution is -2.37. The summed E-state index contributed by atoms with van der Waals surface area (Å²) >= 11 is 0. The summed E-state index contributed by atoms with van der Waals surface area (Å²) in [6, 6.07) is 17.4. The van der Waals surface area contributed by atoms with Crippen molar-refractivity contribution in [2.45, 2.75) is 20.0 Å². The van der Waals surface area contributed by atoms with Gasteiger partial charge in [-0.25, -0.2) is 0 Å². The number of fused-ring (bicyclic) bond motifs is 1. The van der Waals surface area contributed by atoms with E-state index in [1.165, 1.54) is 0 Å². The monoisotopic (exact) mass is 387 g/mol. The topological polar surface area (TPSA) is 45.4 Å². The van der Waals surface area contributed by atoms with Gasteiger partial charge in [0.25, 0.3) is 0 Å². The smallest absolute Gasteiger partial charge is 0.370 e. The molecule has 0 saturated carbocycles. The van der Waals surface area contributed by atoms with Gasteiger partial charge in [0.05, 0.1) is 11.1 Å². The molecule has 0 aliphatic carbocycles. The van der Waals surface area contributed by atoms with Gasteiger partial charge in [-0.1, -0.05) is 43.3 Å². The molecule has 2 atom stereocenters. The van der Waals surface area contributed by atoms with Crippen molar-refractivity contribution in [1.29, 1.82) is 0 Å². The molecule has 1 N–H and O–H groups in total. The minimum absolute atomic E-state index is 0.227. The summed E-state index contributed by atoms with van der Waals surface area (Å²) in [6.45, 7) is 8.61. The third kappa shape index (κ3) is 4.16. The second-order valence-corrected chi connectivity index (χ2v) is 7.75. The predicted octanol–water partition coefficient (Wildman–Crippen LogP) is 4.76. The van der Waals surface area contributed by atoms with E-state index in [0.29, 0.717) is 18.4 Å². The van der Waals surface area contributed by atoms with Gasteiger partial charge >= 0.3 is 5.90 Å². The Kier molecular flexibility index (Phi) is 5.61. The molecule has 1 fully saturated rings. The lowest BCUT2D eigenvalue weighted by Gasteiger charge is -2.25. The van der Waals surface area contributed by atoms with Crippen molar-refractivity contribution in [3.63, 3.8) is 0 Å². The van der Waals surface area contributed by atoms with E-state index in [0.717, 1.165) is 47.4 Å². The van der Waals surface area contributed by atoms with Crippen LogP contribution < -0.4 is 0 Å². The zero-order valence-electron chi connectivity index (χ0n) is 16.8. The van der Waals surface area contributed by atoms with Crippen LogP contribution in [-0.4, -0.2) is 33.7 Å². The summed E-state index contributed by atoms with van der Waals surface area (Å²) in [6.07, 6.45) is 4.95. The van der Waals surface area contributed by atoms with Crippen LogP contribution in [0.5, 0.6) is 5.75 Å². The Morgan fingerprint density at radius 1 is 1.24 bits per heavy atom. The van der Waals surface area contributed by atoms with Crippen LogP contribution in [0.1, 0.15) is 24.5 Å². The molecule has 0 amide bonds. The largest absolute Gasteiger partial charge is 0.508 e. The fraction of sp³-hybridized carbons (Fsp3) is 0.280. The van der Waals surface area contributed by atoms with Gasteiger partial charge in [0.1, 0.15) is 18.9 Å². The summed E-state index contributed by atoms with van der Waals surface area (Å²) in [4.78, 5) is 4.46. The highest BCUT2D eigenvalue weighted by atomic mass is 16.5. The molecule has 1 saturated heterocycles. The van der Waals surface area contributed by atoms with E-state index in [1.54, 1.807) is 18.3 Å². The number of hydrogen-bond donors (Lipinski definition) is 1. The fourth-order valence-corrected chi connectivity index (χ4v) is 3.98. The van der Waals surface area contributed by atoms with Crippen molar-refractivity contribution in [3.8, 4) is 5.75 Å². The minimum Gasteiger partial charge on any atom is -0.508 e. The number of nitrogens with zero attached hydrogens (tertiary/aromatic N) is 2. The van der Waals surface area contributed by atoms with E-state index in [-0.39, 0.29) is 5.75 Å². The summed E-state index contributed by atoms with van der Waals surface area (Å²) < 4.78 is 8.74.